The Kier molecular flexibility index (Phi) is 5.89. The highest BCUT2D eigenvalue weighted by Crippen LogP contribution is 2.10. The van der Waals surface area contributed by atoms with Crippen LogP contribution in [0.1, 0.15) is 27.1 Å². The zero-order valence-corrected chi connectivity index (χ0v) is 10.4. The van der Waals surface area contributed by atoms with Crippen molar-refractivity contribution in [3.05, 3.63) is 35.4 Å². The van der Waals surface area contributed by atoms with Crippen LogP contribution in [0.2, 0.25) is 0 Å². The van der Waals surface area contributed by atoms with Crippen molar-refractivity contribution < 1.29 is 33.8 Å². The van der Waals surface area contributed by atoms with Crippen LogP contribution in [0, 0.1) is 0 Å². The lowest BCUT2D eigenvalue weighted by Gasteiger charge is -2.07. The fraction of sp³-hybridized carbons (Fsp3) is 0.231. The molecule has 0 amide bonds. The predicted molar refractivity (Wildman–Crippen MR) is 65.3 cm³/mol. The largest absolute Gasteiger partial charge is 0.478 e. The van der Waals surface area contributed by atoms with Crippen molar-refractivity contribution in [3.8, 4) is 0 Å². The van der Waals surface area contributed by atoms with Gasteiger partial charge in [0.15, 0.2) is 0 Å². The Balaban J connectivity index is 2.50. The number of esters is 2. The van der Waals surface area contributed by atoms with Gasteiger partial charge in [0.25, 0.3) is 0 Å². The molecule has 7 nitrogen and oxygen atoms in total. The molecule has 1 N–H and O–H groups in total. The first-order valence-electron chi connectivity index (χ1n) is 5.65. The summed E-state index contributed by atoms with van der Waals surface area (Å²) in [5, 5.41) is 8.91. The summed E-state index contributed by atoms with van der Waals surface area (Å²) < 4.78 is 9.36. The first kappa shape index (κ1) is 15.4. The molecular weight excluding hydrogens is 268 g/mol. The number of carbonyl (C=O) groups excluding carboxylic acids is 3. The zero-order valence-electron chi connectivity index (χ0n) is 10.4. The van der Waals surface area contributed by atoms with Crippen LogP contribution in [0.15, 0.2) is 24.3 Å². The van der Waals surface area contributed by atoms with Gasteiger partial charge in [-0.2, -0.15) is 0 Å². The summed E-state index contributed by atoms with van der Waals surface area (Å²) in [4.78, 5) is 43.4. The predicted octanol–water partition coefficient (Wildman–Crippen LogP) is 0.674. The van der Waals surface area contributed by atoms with Gasteiger partial charge in [-0.1, -0.05) is 12.1 Å². The van der Waals surface area contributed by atoms with Crippen LogP contribution in [-0.4, -0.2) is 42.5 Å². The minimum Gasteiger partial charge on any atom is -0.478 e. The second-order valence-electron chi connectivity index (χ2n) is 3.58. The quantitative estimate of drug-likeness (QED) is 0.338. The summed E-state index contributed by atoms with van der Waals surface area (Å²) in [6.45, 7) is -0.426. The van der Waals surface area contributed by atoms with Gasteiger partial charge in [-0.25, -0.2) is 9.59 Å². The summed E-state index contributed by atoms with van der Waals surface area (Å²) in [5.74, 6) is -2.79. The summed E-state index contributed by atoms with van der Waals surface area (Å²) in [6, 6.07) is 5.60. The molecule has 7 heteroatoms. The van der Waals surface area contributed by atoms with Crippen molar-refractivity contribution in [2.75, 3.05) is 13.2 Å². The molecule has 1 aromatic carbocycles. The Bertz CT molecular complexity index is 521. The minimum absolute atomic E-state index is 0.0841. The van der Waals surface area contributed by atoms with E-state index in [0.29, 0.717) is 6.29 Å². The number of aromatic carboxylic acids is 1. The molecule has 0 aliphatic rings. The van der Waals surface area contributed by atoms with Gasteiger partial charge < -0.3 is 19.4 Å². The maximum Gasteiger partial charge on any atom is 0.339 e. The van der Waals surface area contributed by atoms with Gasteiger partial charge in [-0.15, -0.1) is 0 Å². The van der Waals surface area contributed by atoms with E-state index < -0.39 is 17.9 Å². The van der Waals surface area contributed by atoms with Crippen molar-refractivity contribution in [2.24, 2.45) is 0 Å². The normalized spacial score (nSPS) is 9.60. The van der Waals surface area contributed by atoms with Crippen molar-refractivity contribution in [2.45, 2.75) is 6.42 Å². The number of hydrogen-bond donors (Lipinski definition) is 1. The number of benzene rings is 1. The SMILES string of the molecule is O=CCC(=O)OCCOC(=O)c1ccccc1C(=O)O. The molecule has 1 aromatic rings. The lowest BCUT2D eigenvalue weighted by molar-refractivity contribution is -0.145. The summed E-state index contributed by atoms with van der Waals surface area (Å²) >= 11 is 0. The van der Waals surface area contributed by atoms with Crippen LogP contribution in [0.3, 0.4) is 0 Å². The number of hydrogen-bond acceptors (Lipinski definition) is 6. The maximum atomic E-state index is 11.7. The van der Waals surface area contributed by atoms with Gasteiger partial charge in [0, 0.05) is 0 Å². The lowest BCUT2D eigenvalue weighted by atomic mass is 10.1. The highest BCUT2D eigenvalue weighted by atomic mass is 16.6. The zero-order chi connectivity index (χ0) is 15.0. The van der Waals surface area contributed by atoms with E-state index in [-0.39, 0.29) is 30.8 Å². The van der Waals surface area contributed by atoms with Crippen molar-refractivity contribution >= 4 is 24.2 Å². The Hall–Kier alpha value is -2.70. The van der Waals surface area contributed by atoms with Crippen LogP contribution in [0.5, 0.6) is 0 Å². The molecule has 0 spiro atoms. The first-order valence-corrected chi connectivity index (χ1v) is 5.65. The van der Waals surface area contributed by atoms with Crippen molar-refractivity contribution in [1.29, 1.82) is 0 Å². The second-order valence-corrected chi connectivity index (χ2v) is 3.58. The van der Waals surface area contributed by atoms with Crippen LogP contribution in [0.4, 0.5) is 0 Å². The van der Waals surface area contributed by atoms with E-state index in [1.54, 1.807) is 0 Å². The van der Waals surface area contributed by atoms with Crippen molar-refractivity contribution in [1.82, 2.24) is 0 Å². The number of carbonyl (C=O) groups is 4. The number of carboxylic acid groups (broad SMARTS) is 1. The van der Waals surface area contributed by atoms with Crippen LogP contribution in [0.25, 0.3) is 0 Å². The third-order valence-corrected chi connectivity index (χ3v) is 2.21. The molecular formula is C13H12O7. The Morgan fingerprint density at radius 2 is 1.65 bits per heavy atom. The maximum absolute atomic E-state index is 11.7. The molecule has 1 rings (SSSR count). The number of rotatable bonds is 7. The minimum atomic E-state index is -1.24. The Labute approximate surface area is 114 Å². The molecule has 20 heavy (non-hydrogen) atoms. The Morgan fingerprint density at radius 3 is 2.25 bits per heavy atom. The summed E-state index contributed by atoms with van der Waals surface area (Å²) in [6.07, 6.45) is 0.0350. The van der Waals surface area contributed by atoms with E-state index in [1.165, 1.54) is 24.3 Å². The van der Waals surface area contributed by atoms with E-state index in [9.17, 15) is 19.2 Å². The molecule has 0 heterocycles. The summed E-state index contributed by atoms with van der Waals surface area (Å²) in [7, 11) is 0. The molecule has 0 aromatic heterocycles. The first-order chi connectivity index (χ1) is 9.56. The second kappa shape index (κ2) is 7.67. The molecule has 0 atom stereocenters. The smallest absolute Gasteiger partial charge is 0.339 e. The molecule has 0 saturated heterocycles. The van der Waals surface area contributed by atoms with Crippen LogP contribution in [-0.2, 0) is 19.1 Å². The lowest BCUT2D eigenvalue weighted by Crippen LogP contribution is -2.16. The molecule has 106 valence electrons. The van der Waals surface area contributed by atoms with E-state index in [0.717, 1.165) is 0 Å². The van der Waals surface area contributed by atoms with E-state index >= 15 is 0 Å². The molecule has 0 saturated carbocycles. The number of carboxylic acids is 1. The van der Waals surface area contributed by atoms with Gasteiger partial charge in [-0.05, 0) is 12.1 Å². The van der Waals surface area contributed by atoms with Gasteiger partial charge in [0.05, 0.1) is 11.1 Å². The van der Waals surface area contributed by atoms with E-state index in [1.807, 2.05) is 0 Å². The molecule has 0 fully saturated rings. The molecule has 0 aliphatic heterocycles. The number of ether oxygens (including phenoxy) is 2. The fourth-order valence-corrected chi connectivity index (χ4v) is 1.34. The van der Waals surface area contributed by atoms with Gasteiger partial charge >= 0.3 is 17.9 Å². The Morgan fingerprint density at radius 1 is 1.05 bits per heavy atom. The molecule has 0 bridgehead atoms. The monoisotopic (exact) mass is 280 g/mol. The van der Waals surface area contributed by atoms with E-state index in [2.05, 4.69) is 4.74 Å². The third-order valence-electron chi connectivity index (χ3n) is 2.21. The number of aldehydes is 1. The standard InChI is InChI=1S/C13H12O7/c14-6-5-11(15)19-7-8-20-13(18)10-4-2-1-3-9(10)12(16)17/h1-4,6H,5,7-8H2,(H,16,17). The van der Waals surface area contributed by atoms with Gasteiger partial charge in [0.2, 0.25) is 0 Å². The molecule has 0 unspecified atom stereocenters. The average molecular weight is 280 g/mol. The fourth-order valence-electron chi connectivity index (χ4n) is 1.34. The highest BCUT2D eigenvalue weighted by molar-refractivity contribution is 6.02. The van der Waals surface area contributed by atoms with Crippen LogP contribution >= 0.6 is 0 Å². The van der Waals surface area contributed by atoms with Crippen molar-refractivity contribution in [3.63, 3.8) is 0 Å². The molecule has 0 aliphatic carbocycles. The molecule has 0 radical (unpaired) electrons. The third kappa shape index (κ3) is 4.52. The van der Waals surface area contributed by atoms with Crippen LogP contribution < -0.4 is 0 Å². The summed E-state index contributed by atoms with van der Waals surface area (Å²) in [5.41, 5.74) is -0.255. The van der Waals surface area contributed by atoms with E-state index in [4.69, 9.17) is 9.84 Å². The average Bonchev–Trinajstić information content (AvgIpc) is 2.43. The van der Waals surface area contributed by atoms with Gasteiger partial charge in [-0.3, -0.25) is 4.79 Å². The van der Waals surface area contributed by atoms with Gasteiger partial charge in [0.1, 0.15) is 25.9 Å². The highest BCUT2D eigenvalue weighted by Gasteiger charge is 2.16. The topological polar surface area (TPSA) is 107 Å².